The van der Waals surface area contributed by atoms with Gasteiger partial charge in [-0.1, -0.05) is 28.5 Å². The molecule has 0 rings (SSSR count). The molecule has 0 unspecified atom stereocenters. The predicted molar refractivity (Wildman–Crippen MR) is 53.9 cm³/mol. The van der Waals surface area contributed by atoms with Gasteiger partial charge in [-0.15, -0.1) is 0 Å². The molecule has 0 aliphatic rings. The Morgan fingerprint density at radius 2 is 2.18 bits per heavy atom. The second-order valence-electron chi connectivity index (χ2n) is 2.16. The van der Waals surface area contributed by atoms with Crippen molar-refractivity contribution in [1.82, 2.24) is 4.90 Å². The maximum absolute atomic E-state index is 11.0. The van der Waals surface area contributed by atoms with Crippen LogP contribution in [-0.2, 0) is 4.79 Å². The summed E-state index contributed by atoms with van der Waals surface area (Å²) in [5, 5.41) is 0. The van der Waals surface area contributed by atoms with Crippen molar-refractivity contribution in [3.05, 3.63) is 0 Å². The third kappa shape index (κ3) is 5.44. The van der Waals surface area contributed by atoms with Crippen molar-refractivity contribution >= 4 is 27.5 Å². The van der Waals surface area contributed by atoms with E-state index < -0.39 is 0 Å². The Morgan fingerprint density at radius 3 is 2.64 bits per heavy atom. The molecule has 1 amide bonds. The maximum Gasteiger partial charge on any atom is 0.222 e. The van der Waals surface area contributed by atoms with Gasteiger partial charge in [0.2, 0.25) is 5.91 Å². The fraction of sp³-hybridized carbons (Fsp3) is 0.857. The Bertz CT molecular complexity index is 119. The molecule has 66 valence electrons. The highest BCUT2D eigenvalue weighted by Gasteiger charge is 2.03. The highest BCUT2D eigenvalue weighted by molar-refractivity contribution is 8.76. The zero-order chi connectivity index (χ0) is 8.69. The lowest BCUT2D eigenvalue weighted by molar-refractivity contribution is -0.129. The molecule has 0 saturated carbocycles. The summed E-state index contributed by atoms with van der Waals surface area (Å²) in [5.74, 6) is 1.25. The molecule has 0 atom stereocenters. The fourth-order valence-electron chi connectivity index (χ4n) is 0.652. The molecule has 0 spiro atoms. The quantitative estimate of drug-likeness (QED) is 0.491. The van der Waals surface area contributed by atoms with E-state index in [1.54, 1.807) is 26.5 Å². The van der Waals surface area contributed by atoms with Crippen LogP contribution in [0.15, 0.2) is 0 Å². The highest BCUT2D eigenvalue weighted by atomic mass is 33.1. The number of amides is 1. The van der Waals surface area contributed by atoms with E-state index in [-0.39, 0.29) is 5.91 Å². The summed E-state index contributed by atoms with van der Waals surface area (Å²) in [4.78, 5) is 12.8. The molecule has 0 aliphatic heterocycles. The first-order valence-corrected chi connectivity index (χ1v) is 6.34. The molecule has 11 heavy (non-hydrogen) atoms. The van der Waals surface area contributed by atoms with Crippen LogP contribution in [-0.4, -0.2) is 36.4 Å². The first-order valence-electron chi connectivity index (χ1n) is 3.62. The molecular formula is C7H15NOS2. The SMILES string of the molecule is CCC(=O)N(C)CCSSC. The van der Waals surface area contributed by atoms with E-state index in [9.17, 15) is 4.79 Å². The topological polar surface area (TPSA) is 20.3 Å². The molecule has 0 N–H and O–H groups in total. The molecule has 0 radical (unpaired) electrons. The van der Waals surface area contributed by atoms with Gasteiger partial charge in [0.25, 0.3) is 0 Å². The van der Waals surface area contributed by atoms with E-state index in [2.05, 4.69) is 0 Å². The largest absolute Gasteiger partial charge is 0.345 e. The Balaban J connectivity index is 3.36. The number of carbonyl (C=O) groups is 1. The summed E-state index contributed by atoms with van der Waals surface area (Å²) in [7, 11) is 5.38. The van der Waals surface area contributed by atoms with Crippen LogP contribution in [0.2, 0.25) is 0 Å². The van der Waals surface area contributed by atoms with Crippen molar-refractivity contribution in [3.63, 3.8) is 0 Å². The molecule has 0 heterocycles. The van der Waals surface area contributed by atoms with Crippen LogP contribution in [0, 0.1) is 0 Å². The van der Waals surface area contributed by atoms with Crippen LogP contribution in [0.1, 0.15) is 13.3 Å². The van der Waals surface area contributed by atoms with Gasteiger partial charge in [-0.2, -0.15) is 0 Å². The molecule has 0 aromatic heterocycles. The zero-order valence-electron chi connectivity index (χ0n) is 7.29. The van der Waals surface area contributed by atoms with Crippen LogP contribution < -0.4 is 0 Å². The van der Waals surface area contributed by atoms with Gasteiger partial charge in [0.1, 0.15) is 0 Å². The monoisotopic (exact) mass is 193 g/mol. The van der Waals surface area contributed by atoms with E-state index in [1.165, 1.54) is 0 Å². The number of nitrogens with zero attached hydrogens (tertiary/aromatic N) is 1. The van der Waals surface area contributed by atoms with Crippen LogP contribution in [0.3, 0.4) is 0 Å². The summed E-state index contributed by atoms with van der Waals surface area (Å²) in [5.41, 5.74) is 0. The zero-order valence-corrected chi connectivity index (χ0v) is 8.93. The second-order valence-corrected chi connectivity index (χ2v) is 4.84. The van der Waals surface area contributed by atoms with Crippen LogP contribution in [0.5, 0.6) is 0 Å². The molecule has 0 aromatic rings. The summed E-state index contributed by atoms with van der Waals surface area (Å²) in [6, 6.07) is 0. The van der Waals surface area contributed by atoms with Crippen molar-refractivity contribution in [2.45, 2.75) is 13.3 Å². The van der Waals surface area contributed by atoms with Gasteiger partial charge in [-0.05, 0) is 6.26 Å². The standard InChI is InChI=1S/C7H15NOS2/c1-4-7(9)8(2)5-6-11-10-3/h4-6H2,1-3H3. The van der Waals surface area contributed by atoms with Gasteiger partial charge in [0.05, 0.1) is 0 Å². The van der Waals surface area contributed by atoms with Crippen LogP contribution in [0.25, 0.3) is 0 Å². The number of hydrogen-bond acceptors (Lipinski definition) is 3. The Labute approximate surface area is 76.5 Å². The summed E-state index contributed by atoms with van der Waals surface area (Å²) in [6.45, 7) is 2.75. The lowest BCUT2D eigenvalue weighted by atomic mass is 10.4. The average molecular weight is 193 g/mol. The summed E-state index contributed by atoms with van der Waals surface area (Å²) < 4.78 is 0. The molecule has 0 saturated heterocycles. The molecule has 0 aromatic carbocycles. The molecular weight excluding hydrogens is 178 g/mol. The third-order valence-electron chi connectivity index (χ3n) is 1.36. The number of rotatable bonds is 5. The highest BCUT2D eigenvalue weighted by Crippen LogP contribution is 2.15. The Morgan fingerprint density at radius 1 is 1.55 bits per heavy atom. The van der Waals surface area contributed by atoms with Gasteiger partial charge in [-0.25, -0.2) is 0 Å². The lowest BCUT2D eigenvalue weighted by Gasteiger charge is -2.14. The van der Waals surface area contributed by atoms with Crippen molar-refractivity contribution < 1.29 is 4.79 Å². The van der Waals surface area contributed by atoms with E-state index in [1.807, 2.05) is 20.2 Å². The number of carbonyl (C=O) groups excluding carboxylic acids is 1. The van der Waals surface area contributed by atoms with Crippen molar-refractivity contribution in [3.8, 4) is 0 Å². The van der Waals surface area contributed by atoms with Gasteiger partial charge in [0, 0.05) is 25.8 Å². The predicted octanol–water partition coefficient (Wildman–Crippen LogP) is 1.87. The van der Waals surface area contributed by atoms with Crippen molar-refractivity contribution in [2.24, 2.45) is 0 Å². The first kappa shape index (κ1) is 11.2. The molecule has 0 bridgehead atoms. The minimum absolute atomic E-state index is 0.228. The van der Waals surface area contributed by atoms with Crippen LogP contribution in [0.4, 0.5) is 0 Å². The Kier molecular flexibility index (Phi) is 6.96. The molecule has 4 heteroatoms. The molecule has 2 nitrogen and oxygen atoms in total. The minimum Gasteiger partial charge on any atom is -0.345 e. The van der Waals surface area contributed by atoms with E-state index in [0.29, 0.717) is 6.42 Å². The average Bonchev–Trinajstić information content (AvgIpc) is 2.03. The van der Waals surface area contributed by atoms with Crippen molar-refractivity contribution in [1.29, 1.82) is 0 Å². The summed E-state index contributed by atoms with van der Waals surface area (Å²) >= 11 is 0. The lowest BCUT2D eigenvalue weighted by Crippen LogP contribution is -2.27. The fourth-order valence-corrected chi connectivity index (χ4v) is 1.89. The van der Waals surface area contributed by atoms with E-state index in [0.717, 1.165) is 12.3 Å². The minimum atomic E-state index is 0.228. The van der Waals surface area contributed by atoms with Gasteiger partial charge < -0.3 is 4.90 Å². The normalized spacial score (nSPS) is 9.73. The Hall–Kier alpha value is 0.170. The molecule has 0 aliphatic carbocycles. The van der Waals surface area contributed by atoms with Crippen LogP contribution >= 0.6 is 21.6 Å². The van der Waals surface area contributed by atoms with Crippen molar-refractivity contribution in [2.75, 3.05) is 25.6 Å². The van der Waals surface area contributed by atoms with E-state index >= 15 is 0 Å². The van der Waals surface area contributed by atoms with Gasteiger partial charge >= 0.3 is 0 Å². The van der Waals surface area contributed by atoms with Gasteiger partial charge in [0.15, 0.2) is 0 Å². The smallest absolute Gasteiger partial charge is 0.222 e. The number of hydrogen-bond donors (Lipinski definition) is 0. The third-order valence-corrected chi connectivity index (χ3v) is 3.15. The second kappa shape index (κ2) is 6.85. The molecule has 0 fully saturated rings. The maximum atomic E-state index is 11.0. The first-order chi connectivity index (χ1) is 5.22. The van der Waals surface area contributed by atoms with Gasteiger partial charge in [-0.3, -0.25) is 4.79 Å². The van der Waals surface area contributed by atoms with E-state index in [4.69, 9.17) is 0 Å². The summed E-state index contributed by atoms with van der Waals surface area (Å²) in [6.07, 6.45) is 2.66.